The molecule has 3 aliphatic rings. The Morgan fingerprint density at radius 1 is 1.03 bits per heavy atom. The Bertz CT molecular complexity index is 573. The van der Waals surface area contributed by atoms with Gasteiger partial charge < -0.3 is 20.7 Å². The standard InChI is InChI=1S/C23H40O2.C3H8S.C2H5NO.C2H6.CH4O/c1-4-5-6-14-22(2)15-7-8-18-19(22)13-16-23(3)17(9-11-20(18)23)10-12-21(24)25;1-3-4-2;3-1-2-4;2*1-2/h17-20H,4-16H2,1-3H3,(H,24,25);3H2,1-2H3;2H,1,3H2;1-2H3;2H,1H3. The second kappa shape index (κ2) is 22.2. The third-order valence-corrected chi connectivity index (χ3v) is 9.83. The molecule has 3 saturated carbocycles. The van der Waals surface area contributed by atoms with E-state index in [0.717, 1.165) is 31.3 Å². The van der Waals surface area contributed by atoms with Gasteiger partial charge in [0.05, 0.1) is 0 Å². The molecule has 3 rings (SSSR count). The van der Waals surface area contributed by atoms with Crippen molar-refractivity contribution in [1.82, 2.24) is 0 Å². The normalized spacial score (nSPS) is 31.2. The minimum atomic E-state index is -0.609. The van der Waals surface area contributed by atoms with Gasteiger partial charge in [0.15, 0.2) is 0 Å². The molecule has 0 saturated heterocycles. The topological polar surface area (TPSA) is 101 Å². The smallest absolute Gasteiger partial charge is 0.303 e. The van der Waals surface area contributed by atoms with Crippen molar-refractivity contribution in [3.05, 3.63) is 0 Å². The van der Waals surface area contributed by atoms with Crippen molar-refractivity contribution in [3.63, 3.8) is 0 Å². The number of fused-ring (bicyclic) bond motifs is 3. The molecule has 222 valence electrons. The number of carbonyl (C=O) groups is 2. The van der Waals surface area contributed by atoms with Crippen LogP contribution in [0.4, 0.5) is 0 Å². The lowest BCUT2D eigenvalue weighted by atomic mass is 9.48. The van der Waals surface area contributed by atoms with E-state index in [2.05, 4.69) is 39.7 Å². The fourth-order valence-corrected chi connectivity index (χ4v) is 7.45. The molecule has 4 N–H and O–H groups in total. The molecule has 0 aliphatic heterocycles. The molecule has 6 heteroatoms. The van der Waals surface area contributed by atoms with Crippen LogP contribution >= 0.6 is 11.8 Å². The van der Waals surface area contributed by atoms with Gasteiger partial charge in [-0.2, -0.15) is 11.8 Å². The van der Waals surface area contributed by atoms with Crippen molar-refractivity contribution in [2.24, 2.45) is 40.2 Å². The van der Waals surface area contributed by atoms with Crippen molar-refractivity contribution in [1.29, 1.82) is 0 Å². The number of unbranched alkanes of at least 4 members (excludes halogenated alkanes) is 2. The van der Waals surface area contributed by atoms with Crippen LogP contribution in [0.5, 0.6) is 0 Å². The number of aliphatic carboxylic acids is 1. The lowest BCUT2D eigenvalue weighted by molar-refractivity contribution is -0.137. The van der Waals surface area contributed by atoms with Crippen LogP contribution in [0, 0.1) is 34.5 Å². The number of hydrogen-bond acceptors (Lipinski definition) is 5. The number of aldehydes is 1. The average Bonchev–Trinajstić information content (AvgIpc) is 3.26. The summed E-state index contributed by atoms with van der Waals surface area (Å²) in [5.74, 6) is 4.02. The molecule has 3 fully saturated rings. The fourth-order valence-electron chi connectivity index (χ4n) is 7.45. The zero-order valence-electron chi connectivity index (χ0n) is 25.7. The van der Waals surface area contributed by atoms with Gasteiger partial charge in [-0.25, -0.2) is 0 Å². The maximum atomic E-state index is 11.1. The van der Waals surface area contributed by atoms with Gasteiger partial charge in [-0.3, -0.25) is 4.79 Å². The first-order chi connectivity index (χ1) is 17.7. The van der Waals surface area contributed by atoms with E-state index < -0.39 is 5.97 Å². The lowest BCUT2D eigenvalue weighted by Crippen LogP contribution is -2.48. The number of aliphatic hydroxyl groups is 1. The number of hydrogen-bond donors (Lipinski definition) is 3. The monoisotopic (exact) mass is 545 g/mol. The van der Waals surface area contributed by atoms with Crippen LogP contribution in [0.15, 0.2) is 0 Å². The molecule has 0 radical (unpaired) electrons. The second-order valence-electron chi connectivity index (χ2n) is 11.1. The Balaban J connectivity index is 0. The van der Waals surface area contributed by atoms with Gasteiger partial charge in [-0.05, 0) is 97.9 Å². The van der Waals surface area contributed by atoms with Crippen LogP contribution < -0.4 is 5.73 Å². The molecule has 6 unspecified atom stereocenters. The van der Waals surface area contributed by atoms with Crippen LogP contribution in [0.1, 0.15) is 125 Å². The predicted octanol–water partition coefficient (Wildman–Crippen LogP) is 7.83. The lowest BCUT2D eigenvalue weighted by Gasteiger charge is -2.57. The second-order valence-corrected chi connectivity index (χ2v) is 12.3. The molecule has 0 aromatic heterocycles. The molecule has 0 aromatic carbocycles. The summed E-state index contributed by atoms with van der Waals surface area (Å²) in [5, 5.41) is 16.1. The summed E-state index contributed by atoms with van der Waals surface area (Å²) in [4.78, 5) is 20.1. The first-order valence-corrected chi connectivity index (χ1v) is 16.4. The van der Waals surface area contributed by atoms with E-state index in [1.165, 1.54) is 76.4 Å². The fraction of sp³-hybridized carbons (Fsp3) is 0.935. The molecule has 0 amide bonds. The maximum absolute atomic E-state index is 11.1. The number of carboxylic acid groups (broad SMARTS) is 1. The predicted molar refractivity (Wildman–Crippen MR) is 162 cm³/mol. The molecular weight excluding hydrogens is 482 g/mol. The van der Waals surface area contributed by atoms with E-state index in [-0.39, 0.29) is 6.54 Å². The molecule has 6 atom stereocenters. The Morgan fingerprint density at radius 2 is 1.62 bits per heavy atom. The van der Waals surface area contributed by atoms with Gasteiger partial charge in [0.1, 0.15) is 6.29 Å². The van der Waals surface area contributed by atoms with E-state index in [1.807, 2.05) is 25.6 Å². The van der Waals surface area contributed by atoms with Gasteiger partial charge in [0.2, 0.25) is 0 Å². The van der Waals surface area contributed by atoms with Crippen molar-refractivity contribution >= 4 is 24.0 Å². The Hall–Kier alpha value is -0.590. The third-order valence-electron chi connectivity index (χ3n) is 9.26. The van der Waals surface area contributed by atoms with Gasteiger partial charge in [0.25, 0.3) is 0 Å². The van der Waals surface area contributed by atoms with Crippen molar-refractivity contribution < 1.29 is 19.8 Å². The molecular formula is C31H63NO4S. The van der Waals surface area contributed by atoms with E-state index in [4.69, 9.17) is 15.0 Å². The first kappa shape index (κ1) is 38.6. The highest BCUT2D eigenvalue weighted by molar-refractivity contribution is 7.98. The van der Waals surface area contributed by atoms with Crippen LogP contribution in [-0.2, 0) is 9.59 Å². The number of carboxylic acids is 1. The summed E-state index contributed by atoms with van der Waals surface area (Å²) in [7, 11) is 1.00. The largest absolute Gasteiger partial charge is 0.481 e. The number of nitrogens with two attached hydrogens (primary N) is 1. The zero-order chi connectivity index (χ0) is 28.9. The SMILES string of the molecule is CC.CCCCCC1(C)CCCC2C1CCC1(C)C(CCC(=O)O)CCC21.CCSC.CO.NCC=O. The van der Waals surface area contributed by atoms with Crippen molar-refractivity contribution in [2.45, 2.75) is 125 Å². The number of thioether (sulfide) groups is 1. The molecule has 37 heavy (non-hydrogen) atoms. The maximum Gasteiger partial charge on any atom is 0.303 e. The molecule has 0 spiro atoms. The van der Waals surface area contributed by atoms with Crippen molar-refractivity contribution in [3.8, 4) is 0 Å². The van der Waals surface area contributed by atoms with E-state index in [0.29, 0.717) is 29.5 Å². The Labute approximate surface area is 234 Å². The van der Waals surface area contributed by atoms with E-state index >= 15 is 0 Å². The summed E-state index contributed by atoms with van der Waals surface area (Å²) in [6.45, 7) is 13.7. The minimum absolute atomic E-state index is 0.139. The Kier molecular flexibility index (Phi) is 23.2. The number of rotatable bonds is 9. The molecule has 3 aliphatic carbocycles. The third kappa shape index (κ3) is 12.4. The van der Waals surface area contributed by atoms with Crippen LogP contribution in [0.3, 0.4) is 0 Å². The summed E-state index contributed by atoms with van der Waals surface area (Å²) < 4.78 is 0. The van der Waals surface area contributed by atoms with Gasteiger partial charge in [-0.1, -0.05) is 67.2 Å². The summed E-state index contributed by atoms with van der Waals surface area (Å²) in [6, 6.07) is 0. The average molecular weight is 546 g/mol. The van der Waals surface area contributed by atoms with Gasteiger partial charge >= 0.3 is 5.97 Å². The Morgan fingerprint density at radius 3 is 2.11 bits per heavy atom. The molecule has 0 bridgehead atoms. The summed E-state index contributed by atoms with van der Waals surface area (Å²) in [6.07, 6.45) is 19.3. The number of aliphatic hydroxyl groups excluding tert-OH is 1. The quantitative estimate of drug-likeness (QED) is 0.202. The highest BCUT2D eigenvalue weighted by Gasteiger charge is 2.57. The molecule has 5 nitrogen and oxygen atoms in total. The summed E-state index contributed by atoms with van der Waals surface area (Å²) >= 11 is 1.86. The first-order valence-electron chi connectivity index (χ1n) is 15.0. The van der Waals surface area contributed by atoms with Gasteiger partial charge in [0, 0.05) is 20.1 Å². The van der Waals surface area contributed by atoms with Crippen LogP contribution in [0.2, 0.25) is 0 Å². The van der Waals surface area contributed by atoms with Crippen LogP contribution in [0.25, 0.3) is 0 Å². The van der Waals surface area contributed by atoms with Crippen LogP contribution in [-0.4, -0.2) is 48.1 Å². The summed E-state index contributed by atoms with van der Waals surface area (Å²) in [5.41, 5.74) is 5.67. The highest BCUT2D eigenvalue weighted by Crippen LogP contribution is 2.65. The van der Waals surface area contributed by atoms with E-state index in [1.54, 1.807) is 0 Å². The zero-order valence-corrected chi connectivity index (χ0v) is 26.5. The minimum Gasteiger partial charge on any atom is -0.481 e. The van der Waals surface area contributed by atoms with E-state index in [9.17, 15) is 4.79 Å². The van der Waals surface area contributed by atoms with Crippen molar-refractivity contribution in [2.75, 3.05) is 25.7 Å². The highest BCUT2D eigenvalue weighted by atomic mass is 32.2. The molecule has 0 aromatic rings. The van der Waals surface area contributed by atoms with Gasteiger partial charge in [-0.15, -0.1) is 0 Å². The molecule has 0 heterocycles. The number of carbonyl (C=O) groups excluding carboxylic acids is 1.